The van der Waals surface area contributed by atoms with E-state index >= 15 is 0 Å². The summed E-state index contributed by atoms with van der Waals surface area (Å²) in [5, 5.41) is 3.04. The number of hydrogen-bond acceptors (Lipinski definition) is 4. The minimum Gasteiger partial charge on any atom is -0.352 e. The molecule has 0 unspecified atom stereocenters. The van der Waals surface area contributed by atoms with Crippen LogP contribution in [0.5, 0.6) is 0 Å². The van der Waals surface area contributed by atoms with Crippen molar-refractivity contribution in [2.75, 3.05) is 0 Å². The van der Waals surface area contributed by atoms with Gasteiger partial charge in [-0.1, -0.05) is 49.1 Å². The molecule has 1 N–H and O–H groups in total. The Hall–Kier alpha value is -3.22. The van der Waals surface area contributed by atoms with E-state index in [1.165, 1.54) is 17.2 Å². The lowest BCUT2D eigenvalue weighted by molar-refractivity contribution is -0.122. The zero-order valence-electron chi connectivity index (χ0n) is 17.1. The predicted octanol–water partition coefficient (Wildman–Crippen LogP) is 2.36. The highest BCUT2D eigenvalue weighted by Gasteiger charge is 2.19. The van der Waals surface area contributed by atoms with Gasteiger partial charge in [-0.3, -0.25) is 18.7 Å². The molecule has 0 bridgehead atoms. The summed E-state index contributed by atoms with van der Waals surface area (Å²) >= 11 is 0. The topological polar surface area (TPSA) is 86.0 Å². The van der Waals surface area contributed by atoms with Crippen LogP contribution >= 0.6 is 0 Å². The molecule has 1 aromatic carbocycles. The van der Waals surface area contributed by atoms with Crippen LogP contribution in [-0.4, -0.2) is 26.1 Å². The van der Waals surface area contributed by atoms with Crippen LogP contribution in [0.3, 0.4) is 0 Å². The summed E-state index contributed by atoms with van der Waals surface area (Å²) in [7, 11) is 0. The number of amides is 1. The van der Waals surface area contributed by atoms with Crippen molar-refractivity contribution in [3.8, 4) is 0 Å². The molecule has 30 heavy (non-hydrogen) atoms. The minimum atomic E-state index is -0.500. The van der Waals surface area contributed by atoms with Crippen molar-refractivity contribution in [1.82, 2.24) is 19.4 Å². The first kappa shape index (κ1) is 20.1. The second kappa shape index (κ2) is 8.65. The van der Waals surface area contributed by atoms with E-state index in [0.717, 1.165) is 41.4 Å². The maximum absolute atomic E-state index is 13.2. The first-order valence-electron chi connectivity index (χ1n) is 10.5. The van der Waals surface area contributed by atoms with Gasteiger partial charge < -0.3 is 5.32 Å². The number of aryl methyl sites for hydroxylation is 1. The quantitative estimate of drug-likeness (QED) is 0.705. The number of benzene rings is 1. The Morgan fingerprint density at radius 2 is 1.80 bits per heavy atom. The van der Waals surface area contributed by atoms with Crippen molar-refractivity contribution in [3.63, 3.8) is 0 Å². The van der Waals surface area contributed by atoms with Gasteiger partial charge in [0.05, 0.1) is 12.1 Å². The van der Waals surface area contributed by atoms with Crippen LogP contribution in [0.2, 0.25) is 0 Å². The molecule has 1 amide bonds. The van der Waals surface area contributed by atoms with Gasteiger partial charge in [0.2, 0.25) is 5.91 Å². The van der Waals surface area contributed by atoms with Gasteiger partial charge in [0.25, 0.3) is 5.56 Å². The number of carbonyl (C=O) groups is 1. The standard InChI is InChI=1S/C23H26N4O3/c1-16-9-11-17(12-10-16)14-27-22(29)21-19(8-5-13-24-21)26(23(27)30)15-20(28)25-18-6-3-2-4-7-18/h5,8-13,18H,2-4,6-7,14-15H2,1H3,(H,25,28). The minimum absolute atomic E-state index is 0.133. The Bertz CT molecular complexity index is 1170. The fraction of sp³-hybridized carbons (Fsp3) is 0.391. The van der Waals surface area contributed by atoms with Crippen LogP contribution in [0, 0.1) is 6.92 Å². The maximum atomic E-state index is 13.2. The molecule has 3 aromatic rings. The molecule has 7 nitrogen and oxygen atoms in total. The molecular weight excluding hydrogens is 380 g/mol. The van der Waals surface area contributed by atoms with Gasteiger partial charge in [-0.2, -0.15) is 0 Å². The second-order valence-electron chi connectivity index (χ2n) is 8.02. The molecule has 1 aliphatic carbocycles. The number of nitrogens with one attached hydrogen (secondary N) is 1. The van der Waals surface area contributed by atoms with Crippen LogP contribution in [-0.2, 0) is 17.9 Å². The Morgan fingerprint density at radius 1 is 1.07 bits per heavy atom. The number of aromatic nitrogens is 3. The molecule has 2 aromatic heterocycles. The van der Waals surface area contributed by atoms with Gasteiger partial charge in [0, 0.05) is 12.2 Å². The van der Waals surface area contributed by atoms with Crippen molar-refractivity contribution in [3.05, 3.63) is 74.6 Å². The summed E-state index contributed by atoms with van der Waals surface area (Å²) in [6, 6.07) is 11.2. The van der Waals surface area contributed by atoms with E-state index in [0.29, 0.717) is 5.52 Å². The number of nitrogens with zero attached hydrogens (tertiary/aromatic N) is 3. The lowest BCUT2D eigenvalue weighted by Gasteiger charge is -2.23. The van der Waals surface area contributed by atoms with Crippen LogP contribution in [0.25, 0.3) is 11.0 Å². The molecule has 1 saturated carbocycles. The van der Waals surface area contributed by atoms with Gasteiger partial charge in [0.1, 0.15) is 6.54 Å². The highest BCUT2D eigenvalue weighted by atomic mass is 16.2. The molecule has 4 rings (SSSR count). The monoisotopic (exact) mass is 406 g/mol. The van der Waals surface area contributed by atoms with Gasteiger partial charge >= 0.3 is 5.69 Å². The van der Waals surface area contributed by atoms with E-state index in [2.05, 4.69) is 10.3 Å². The third-order valence-electron chi connectivity index (χ3n) is 5.72. The molecule has 0 aliphatic heterocycles. The molecule has 0 radical (unpaired) electrons. The normalized spacial score (nSPS) is 14.7. The van der Waals surface area contributed by atoms with Gasteiger partial charge in [-0.05, 0) is 37.5 Å². The maximum Gasteiger partial charge on any atom is 0.332 e. The SMILES string of the molecule is Cc1ccc(Cn2c(=O)c3ncccc3n(CC(=O)NC3CCCCC3)c2=O)cc1. The van der Waals surface area contributed by atoms with Crippen molar-refractivity contribution in [2.24, 2.45) is 0 Å². The summed E-state index contributed by atoms with van der Waals surface area (Å²) in [5.74, 6) is -0.213. The van der Waals surface area contributed by atoms with Crippen molar-refractivity contribution in [2.45, 2.75) is 58.2 Å². The zero-order valence-corrected chi connectivity index (χ0v) is 17.1. The molecule has 1 fully saturated rings. The Labute approximate surface area is 174 Å². The lowest BCUT2D eigenvalue weighted by atomic mass is 9.95. The number of pyridine rings is 1. The lowest BCUT2D eigenvalue weighted by Crippen LogP contribution is -2.44. The average Bonchev–Trinajstić information content (AvgIpc) is 2.76. The molecule has 2 heterocycles. The Balaban J connectivity index is 1.70. The second-order valence-corrected chi connectivity index (χ2v) is 8.02. The number of fused-ring (bicyclic) bond motifs is 1. The smallest absolute Gasteiger partial charge is 0.332 e. The van der Waals surface area contributed by atoms with Gasteiger partial charge in [0.15, 0.2) is 5.52 Å². The zero-order chi connectivity index (χ0) is 21.1. The van der Waals surface area contributed by atoms with E-state index in [4.69, 9.17) is 0 Å². The van der Waals surface area contributed by atoms with Crippen molar-refractivity contribution < 1.29 is 4.79 Å². The van der Waals surface area contributed by atoms with E-state index in [1.54, 1.807) is 12.1 Å². The third-order valence-corrected chi connectivity index (χ3v) is 5.72. The summed E-state index contributed by atoms with van der Waals surface area (Å²) in [6.07, 6.45) is 6.88. The largest absolute Gasteiger partial charge is 0.352 e. The Morgan fingerprint density at radius 3 is 2.53 bits per heavy atom. The van der Waals surface area contributed by atoms with Crippen LogP contribution < -0.4 is 16.6 Å². The molecule has 0 atom stereocenters. The van der Waals surface area contributed by atoms with E-state index in [9.17, 15) is 14.4 Å². The van der Waals surface area contributed by atoms with E-state index < -0.39 is 11.2 Å². The number of carbonyl (C=O) groups excluding carboxylic acids is 1. The first-order chi connectivity index (χ1) is 14.5. The Kier molecular flexibility index (Phi) is 5.79. The third kappa shape index (κ3) is 4.20. The first-order valence-corrected chi connectivity index (χ1v) is 10.5. The average molecular weight is 406 g/mol. The highest BCUT2D eigenvalue weighted by molar-refractivity contribution is 5.79. The van der Waals surface area contributed by atoms with E-state index in [1.807, 2.05) is 31.2 Å². The number of hydrogen-bond donors (Lipinski definition) is 1. The molecule has 156 valence electrons. The molecular formula is C23H26N4O3. The molecule has 7 heteroatoms. The number of rotatable bonds is 5. The van der Waals surface area contributed by atoms with Gasteiger partial charge in [-0.25, -0.2) is 9.78 Å². The molecule has 0 saturated heterocycles. The van der Waals surface area contributed by atoms with Gasteiger partial charge in [-0.15, -0.1) is 0 Å². The summed E-state index contributed by atoms with van der Waals surface area (Å²) in [5.41, 5.74) is 1.57. The summed E-state index contributed by atoms with van der Waals surface area (Å²) < 4.78 is 2.52. The molecule has 0 spiro atoms. The fourth-order valence-electron chi connectivity index (χ4n) is 4.08. The van der Waals surface area contributed by atoms with Crippen molar-refractivity contribution in [1.29, 1.82) is 0 Å². The fourth-order valence-corrected chi connectivity index (χ4v) is 4.08. The predicted molar refractivity (Wildman–Crippen MR) is 116 cm³/mol. The van der Waals surface area contributed by atoms with Crippen LogP contribution in [0.4, 0.5) is 0 Å². The van der Waals surface area contributed by atoms with Crippen LogP contribution in [0.1, 0.15) is 43.2 Å². The van der Waals surface area contributed by atoms with E-state index in [-0.39, 0.29) is 30.6 Å². The summed E-state index contributed by atoms with van der Waals surface area (Å²) in [6.45, 7) is 1.98. The highest BCUT2D eigenvalue weighted by Crippen LogP contribution is 2.17. The van der Waals surface area contributed by atoms with Crippen LogP contribution in [0.15, 0.2) is 52.2 Å². The summed E-state index contributed by atoms with van der Waals surface area (Å²) in [4.78, 5) is 43.1. The van der Waals surface area contributed by atoms with Crippen molar-refractivity contribution >= 4 is 16.9 Å². The molecule has 1 aliphatic rings.